The Morgan fingerprint density at radius 3 is 2.68 bits per heavy atom. The predicted octanol–water partition coefficient (Wildman–Crippen LogP) is 3.64. The van der Waals surface area contributed by atoms with Gasteiger partial charge in [0.25, 0.3) is 0 Å². The van der Waals surface area contributed by atoms with Crippen molar-refractivity contribution in [2.24, 2.45) is 5.92 Å². The van der Waals surface area contributed by atoms with E-state index >= 15 is 0 Å². The van der Waals surface area contributed by atoms with Gasteiger partial charge in [-0.2, -0.15) is 5.10 Å². The summed E-state index contributed by atoms with van der Waals surface area (Å²) >= 11 is 3.38. The Bertz CT molecular complexity index is 1130. The van der Waals surface area contributed by atoms with Crippen LogP contribution in [0, 0.1) is 5.92 Å². The lowest BCUT2D eigenvalue weighted by Crippen LogP contribution is -2.28. The standard InChI is InChI=1S/C22H21BrN4O4/c1-30-16-7-8-20(31-2)19(10-16)26-12-14(9-21(26)28)22(29)25-17-5-3-4-6-18(17)27-13-15(23)11-24-27/h3-8,10-11,13-14H,9,12H2,1-2H3,(H,25,29). The highest BCUT2D eigenvalue weighted by Gasteiger charge is 2.36. The van der Waals surface area contributed by atoms with Crippen LogP contribution in [0.5, 0.6) is 11.5 Å². The Morgan fingerprint density at radius 1 is 1.16 bits per heavy atom. The van der Waals surface area contributed by atoms with E-state index in [1.165, 1.54) is 0 Å². The number of nitrogens with one attached hydrogen (secondary N) is 1. The SMILES string of the molecule is COc1ccc(OC)c(N2CC(C(=O)Nc3ccccc3-n3cc(Br)cn3)CC2=O)c1. The van der Waals surface area contributed by atoms with Gasteiger partial charge >= 0.3 is 0 Å². The van der Waals surface area contributed by atoms with E-state index in [2.05, 4.69) is 26.3 Å². The zero-order valence-electron chi connectivity index (χ0n) is 17.0. The normalized spacial score (nSPS) is 15.8. The minimum Gasteiger partial charge on any atom is -0.497 e. The Hall–Kier alpha value is -3.33. The number of nitrogens with zero attached hydrogens (tertiary/aromatic N) is 3. The zero-order valence-corrected chi connectivity index (χ0v) is 18.6. The Labute approximate surface area is 187 Å². The van der Waals surface area contributed by atoms with E-state index in [4.69, 9.17) is 9.47 Å². The van der Waals surface area contributed by atoms with Crippen molar-refractivity contribution >= 4 is 39.1 Å². The molecule has 1 atom stereocenters. The number of aromatic nitrogens is 2. The minimum atomic E-state index is -0.499. The van der Waals surface area contributed by atoms with Crippen LogP contribution in [0.2, 0.25) is 0 Å². The van der Waals surface area contributed by atoms with Crippen molar-refractivity contribution < 1.29 is 19.1 Å². The molecule has 0 bridgehead atoms. The number of amides is 2. The van der Waals surface area contributed by atoms with Crippen LogP contribution in [0.15, 0.2) is 59.3 Å². The van der Waals surface area contributed by atoms with Gasteiger partial charge in [-0.1, -0.05) is 12.1 Å². The van der Waals surface area contributed by atoms with E-state index in [9.17, 15) is 9.59 Å². The van der Waals surface area contributed by atoms with Gasteiger partial charge in [0.15, 0.2) is 0 Å². The van der Waals surface area contributed by atoms with Crippen molar-refractivity contribution in [2.45, 2.75) is 6.42 Å². The molecule has 1 unspecified atom stereocenters. The van der Waals surface area contributed by atoms with E-state index in [-0.39, 0.29) is 24.8 Å². The predicted molar refractivity (Wildman–Crippen MR) is 120 cm³/mol. The van der Waals surface area contributed by atoms with Gasteiger partial charge < -0.3 is 19.7 Å². The molecule has 160 valence electrons. The summed E-state index contributed by atoms with van der Waals surface area (Å²) in [5.41, 5.74) is 1.94. The number of benzene rings is 2. The zero-order chi connectivity index (χ0) is 22.0. The van der Waals surface area contributed by atoms with E-state index in [0.29, 0.717) is 22.9 Å². The largest absolute Gasteiger partial charge is 0.497 e. The van der Waals surface area contributed by atoms with Gasteiger partial charge in [0.2, 0.25) is 11.8 Å². The molecule has 0 spiro atoms. The van der Waals surface area contributed by atoms with Crippen molar-refractivity contribution in [1.82, 2.24) is 9.78 Å². The van der Waals surface area contributed by atoms with Gasteiger partial charge in [0, 0.05) is 25.2 Å². The number of carbonyl (C=O) groups is 2. The van der Waals surface area contributed by atoms with Crippen LogP contribution in [0.3, 0.4) is 0 Å². The Balaban J connectivity index is 1.54. The molecule has 8 nitrogen and oxygen atoms in total. The number of ether oxygens (including phenoxy) is 2. The second kappa shape index (κ2) is 8.81. The molecule has 1 aliphatic heterocycles. The number of methoxy groups -OCH3 is 2. The first-order valence-electron chi connectivity index (χ1n) is 9.63. The summed E-state index contributed by atoms with van der Waals surface area (Å²) in [6.07, 6.45) is 3.59. The fourth-order valence-electron chi connectivity index (χ4n) is 3.57. The van der Waals surface area contributed by atoms with E-state index in [1.54, 1.807) is 54.4 Å². The molecule has 1 saturated heterocycles. The number of anilines is 2. The first-order chi connectivity index (χ1) is 15.0. The van der Waals surface area contributed by atoms with Gasteiger partial charge in [-0.05, 0) is 40.2 Å². The molecule has 2 aromatic carbocycles. The average molecular weight is 485 g/mol. The van der Waals surface area contributed by atoms with Gasteiger partial charge in [-0.3, -0.25) is 9.59 Å². The van der Waals surface area contributed by atoms with Gasteiger partial charge in [-0.25, -0.2) is 4.68 Å². The molecular formula is C22H21BrN4O4. The van der Waals surface area contributed by atoms with Crippen LogP contribution in [-0.2, 0) is 9.59 Å². The van der Waals surface area contributed by atoms with Crippen LogP contribution in [-0.4, -0.2) is 42.4 Å². The van der Waals surface area contributed by atoms with Crippen molar-refractivity contribution in [3.05, 3.63) is 59.3 Å². The maximum atomic E-state index is 13.0. The third-order valence-electron chi connectivity index (χ3n) is 5.13. The van der Waals surface area contributed by atoms with Crippen molar-refractivity contribution in [3.8, 4) is 17.2 Å². The van der Waals surface area contributed by atoms with Crippen LogP contribution in [0.25, 0.3) is 5.69 Å². The fraction of sp³-hybridized carbons (Fsp3) is 0.227. The van der Waals surface area contributed by atoms with Crippen LogP contribution in [0.1, 0.15) is 6.42 Å². The highest BCUT2D eigenvalue weighted by Crippen LogP contribution is 2.36. The maximum absolute atomic E-state index is 13.0. The summed E-state index contributed by atoms with van der Waals surface area (Å²) in [4.78, 5) is 27.3. The third kappa shape index (κ3) is 4.27. The van der Waals surface area contributed by atoms with Gasteiger partial charge in [-0.15, -0.1) is 0 Å². The topological polar surface area (TPSA) is 85.7 Å². The van der Waals surface area contributed by atoms with E-state index < -0.39 is 5.92 Å². The lowest BCUT2D eigenvalue weighted by molar-refractivity contribution is -0.122. The molecule has 2 heterocycles. The Kier molecular flexibility index (Phi) is 5.94. The molecule has 0 aliphatic carbocycles. The number of carbonyl (C=O) groups excluding carboxylic acids is 2. The summed E-state index contributed by atoms with van der Waals surface area (Å²) in [6, 6.07) is 12.6. The highest BCUT2D eigenvalue weighted by atomic mass is 79.9. The molecular weight excluding hydrogens is 464 g/mol. The number of hydrogen-bond donors (Lipinski definition) is 1. The number of para-hydroxylation sites is 2. The monoisotopic (exact) mass is 484 g/mol. The average Bonchev–Trinajstić information content (AvgIpc) is 3.39. The number of halogens is 1. The van der Waals surface area contributed by atoms with Crippen molar-refractivity contribution in [1.29, 1.82) is 0 Å². The van der Waals surface area contributed by atoms with Crippen LogP contribution >= 0.6 is 15.9 Å². The summed E-state index contributed by atoms with van der Waals surface area (Å²) < 4.78 is 13.2. The van der Waals surface area contributed by atoms with E-state index in [1.807, 2.05) is 24.3 Å². The molecule has 3 aromatic rings. The molecule has 4 rings (SSSR count). The molecule has 0 radical (unpaired) electrons. The summed E-state index contributed by atoms with van der Waals surface area (Å²) in [7, 11) is 3.10. The quantitative estimate of drug-likeness (QED) is 0.577. The minimum absolute atomic E-state index is 0.113. The molecule has 31 heavy (non-hydrogen) atoms. The van der Waals surface area contributed by atoms with Gasteiger partial charge in [0.05, 0.1) is 47.9 Å². The lowest BCUT2D eigenvalue weighted by atomic mass is 10.1. The molecule has 0 saturated carbocycles. The molecule has 1 aliphatic rings. The molecule has 1 N–H and O–H groups in total. The number of hydrogen-bond acceptors (Lipinski definition) is 5. The summed E-state index contributed by atoms with van der Waals surface area (Å²) in [5, 5.41) is 7.24. The Morgan fingerprint density at radius 2 is 1.97 bits per heavy atom. The van der Waals surface area contributed by atoms with Crippen LogP contribution < -0.4 is 19.7 Å². The first-order valence-corrected chi connectivity index (χ1v) is 10.4. The fourth-order valence-corrected chi connectivity index (χ4v) is 3.86. The van der Waals surface area contributed by atoms with Crippen molar-refractivity contribution in [3.63, 3.8) is 0 Å². The lowest BCUT2D eigenvalue weighted by Gasteiger charge is -2.20. The summed E-state index contributed by atoms with van der Waals surface area (Å²) in [6.45, 7) is 0.254. The molecule has 1 aromatic heterocycles. The summed E-state index contributed by atoms with van der Waals surface area (Å²) in [5.74, 6) is 0.286. The third-order valence-corrected chi connectivity index (χ3v) is 5.54. The van der Waals surface area contributed by atoms with E-state index in [0.717, 1.165) is 10.2 Å². The second-order valence-corrected chi connectivity index (χ2v) is 7.97. The maximum Gasteiger partial charge on any atom is 0.229 e. The number of rotatable bonds is 6. The van der Waals surface area contributed by atoms with Crippen molar-refractivity contribution in [2.75, 3.05) is 31.0 Å². The second-order valence-electron chi connectivity index (χ2n) is 7.05. The first kappa shape index (κ1) is 20.9. The van der Waals surface area contributed by atoms with Crippen LogP contribution in [0.4, 0.5) is 11.4 Å². The smallest absolute Gasteiger partial charge is 0.229 e. The molecule has 1 fully saturated rings. The molecule has 2 amide bonds. The highest BCUT2D eigenvalue weighted by molar-refractivity contribution is 9.10. The molecule has 9 heteroatoms. The van der Waals surface area contributed by atoms with Gasteiger partial charge in [0.1, 0.15) is 11.5 Å².